The van der Waals surface area contributed by atoms with Gasteiger partial charge in [0, 0.05) is 22.9 Å². The Morgan fingerprint density at radius 3 is 1.91 bits per heavy atom. The van der Waals surface area contributed by atoms with E-state index in [0.717, 1.165) is 27.6 Å². The van der Waals surface area contributed by atoms with Gasteiger partial charge >= 0.3 is 0 Å². The van der Waals surface area contributed by atoms with Crippen molar-refractivity contribution in [1.82, 2.24) is 0 Å². The number of hydrogen-bond acceptors (Lipinski definition) is 5. The van der Waals surface area contributed by atoms with Crippen molar-refractivity contribution in [3.63, 3.8) is 0 Å². The summed E-state index contributed by atoms with van der Waals surface area (Å²) in [5, 5.41) is 11.3. The second-order valence-electron chi connectivity index (χ2n) is 7.18. The number of halogens is 2. The molecule has 0 saturated heterocycles. The van der Waals surface area contributed by atoms with E-state index in [2.05, 4.69) is 26.9 Å². The summed E-state index contributed by atoms with van der Waals surface area (Å²) in [4.78, 5) is 2.11. The van der Waals surface area contributed by atoms with Crippen LogP contribution in [-0.4, -0.2) is 14.2 Å². The number of hydrogen-bond donors (Lipinski definition) is 0. The lowest BCUT2D eigenvalue weighted by molar-refractivity contribution is 0.414. The van der Waals surface area contributed by atoms with Gasteiger partial charge in [-0.25, -0.2) is 4.39 Å². The molecule has 0 aliphatic rings. The Hall–Kier alpha value is -3.08. The summed E-state index contributed by atoms with van der Waals surface area (Å²) < 4.78 is 26.3. The van der Waals surface area contributed by atoms with Gasteiger partial charge < -0.3 is 14.4 Å². The van der Waals surface area contributed by atoms with Crippen LogP contribution in [0.4, 0.5) is 9.39 Å². The molecule has 0 fully saturated rings. The molecule has 1 heterocycles. The number of methoxy groups -OCH3 is 2. The molecule has 0 saturated carbocycles. The van der Waals surface area contributed by atoms with Crippen molar-refractivity contribution in [1.29, 1.82) is 5.26 Å². The summed E-state index contributed by atoms with van der Waals surface area (Å²) in [6.45, 7) is 1.10. The number of thiophene rings is 1. The summed E-state index contributed by atoms with van der Waals surface area (Å²) in [5.41, 5.74) is 2.58. The van der Waals surface area contributed by atoms with Crippen molar-refractivity contribution in [3.8, 4) is 17.6 Å². The van der Waals surface area contributed by atoms with Gasteiger partial charge in [0.1, 0.15) is 28.4 Å². The minimum Gasteiger partial charge on any atom is -0.497 e. The topological polar surface area (TPSA) is 45.5 Å². The second-order valence-corrected chi connectivity index (χ2v) is 9.03. The molecule has 0 atom stereocenters. The zero-order chi connectivity index (χ0) is 22.7. The molecule has 1 aromatic heterocycles. The first-order valence-electron chi connectivity index (χ1n) is 9.85. The molecule has 4 nitrogen and oxygen atoms in total. The lowest BCUT2D eigenvalue weighted by Gasteiger charge is -2.24. The van der Waals surface area contributed by atoms with Crippen LogP contribution in [0.3, 0.4) is 0 Å². The van der Waals surface area contributed by atoms with Gasteiger partial charge in [-0.05, 0) is 47.5 Å². The third-order valence-electron chi connectivity index (χ3n) is 5.19. The summed E-state index contributed by atoms with van der Waals surface area (Å²) >= 11 is 4.79. The molecule has 0 unspecified atom stereocenters. The summed E-state index contributed by atoms with van der Waals surface area (Å²) in [5.74, 6) is 1.23. The first kappa shape index (κ1) is 22.1. The van der Waals surface area contributed by atoms with Crippen LogP contribution in [0.2, 0.25) is 0 Å². The van der Waals surface area contributed by atoms with Gasteiger partial charge in [-0.1, -0.05) is 40.2 Å². The lowest BCUT2D eigenvalue weighted by Crippen LogP contribution is -2.22. The molecule has 7 heteroatoms. The van der Waals surface area contributed by atoms with E-state index in [4.69, 9.17) is 9.47 Å². The van der Waals surface area contributed by atoms with Gasteiger partial charge in [-0.3, -0.25) is 0 Å². The van der Waals surface area contributed by atoms with Gasteiger partial charge in [-0.15, -0.1) is 11.3 Å². The molecular formula is C25H20BrFN2O2S. The molecule has 32 heavy (non-hydrogen) atoms. The van der Waals surface area contributed by atoms with E-state index in [9.17, 15) is 9.65 Å². The largest absolute Gasteiger partial charge is 0.497 e. The number of nitriles is 1. The standard InChI is InChI=1S/C25H20BrFN2O2S/c1-30-18-7-3-16(4-8-18)14-29(15-17-5-9-19(31-2)10-6-17)25-20(13-28)23-21(26)11-12-22(27)24(23)32-25/h3-12H,14-15H2,1-2H3. The molecular weight excluding hydrogens is 491 g/mol. The van der Waals surface area contributed by atoms with Crippen molar-refractivity contribution in [2.45, 2.75) is 13.1 Å². The van der Waals surface area contributed by atoms with E-state index in [1.807, 2.05) is 48.5 Å². The molecule has 4 aromatic rings. The normalized spacial score (nSPS) is 10.7. The molecule has 0 aliphatic carbocycles. The van der Waals surface area contributed by atoms with Crippen molar-refractivity contribution in [2.24, 2.45) is 0 Å². The van der Waals surface area contributed by atoms with Crippen molar-refractivity contribution in [2.75, 3.05) is 19.1 Å². The minimum absolute atomic E-state index is 0.329. The Morgan fingerprint density at radius 1 is 0.906 bits per heavy atom. The maximum atomic E-state index is 14.6. The molecule has 0 aliphatic heterocycles. The Bertz CT molecular complexity index is 1230. The first-order chi connectivity index (χ1) is 15.5. The van der Waals surface area contributed by atoms with Crippen LogP contribution < -0.4 is 14.4 Å². The Balaban J connectivity index is 1.79. The third-order valence-corrected chi connectivity index (χ3v) is 7.11. The summed E-state index contributed by atoms with van der Waals surface area (Å²) in [7, 11) is 3.27. The van der Waals surface area contributed by atoms with Crippen LogP contribution in [0.5, 0.6) is 11.5 Å². The SMILES string of the molecule is COc1ccc(CN(Cc2ccc(OC)cc2)c2sc3c(F)ccc(Br)c3c2C#N)cc1. The van der Waals surface area contributed by atoms with E-state index in [1.165, 1.54) is 17.4 Å². The molecule has 0 bridgehead atoms. The summed E-state index contributed by atoms with van der Waals surface area (Å²) in [6.07, 6.45) is 0. The molecule has 0 amide bonds. The van der Waals surface area contributed by atoms with E-state index >= 15 is 0 Å². The molecule has 3 aromatic carbocycles. The average Bonchev–Trinajstić information content (AvgIpc) is 3.23. The maximum Gasteiger partial charge on any atom is 0.141 e. The van der Waals surface area contributed by atoms with Crippen LogP contribution in [0.15, 0.2) is 65.1 Å². The van der Waals surface area contributed by atoms with Gasteiger partial charge in [0.15, 0.2) is 0 Å². The predicted molar refractivity (Wildman–Crippen MR) is 130 cm³/mol. The highest BCUT2D eigenvalue weighted by molar-refractivity contribution is 9.10. The van der Waals surface area contributed by atoms with E-state index < -0.39 is 0 Å². The number of rotatable bonds is 7. The number of nitrogens with zero attached hydrogens (tertiary/aromatic N) is 2. The molecule has 162 valence electrons. The third kappa shape index (κ3) is 4.43. The van der Waals surface area contributed by atoms with Gasteiger partial charge in [0.2, 0.25) is 0 Å². The first-order valence-corrected chi connectivity index (χ1v) is 11.5. The second kappa shape index (κ2) is 9.60. The monoisotopic (exact) mass is 510 g/mol. The minimum atomic E-state index is -0.329. The van der Waals surface area contributed by atoms with Crippen LogP contribution in [0.1, 0.15) is 16.7 Å². The highest BCUT2D eigenvalue weighted by Crippen LogP contribution is 2.43. The highest BCUT2D eigenvalue weighted by Gasteiger charge is 2.22. The van der Waals surface area contributed by atoms with Crippen molar-refractivity contribution < 1.29 is 13.9 Å². The number of benzene rings is 3. The van der Waals surface area contributed by atoms with Gasteiger partial charge in [0.05, 0.1) is 24.5 Å². The smallest absolute Gasteiger partial charge is 0.141 e. The van der Waals surface area contributed by atoms with E-state index in [0.29, 0.717) is 33.2 Å². The van der Waals surface area contributed by atoms with Crippen molar-refractivity contribution >= 4 is 42.4 Å². The molecule has 0 spiro atoms. The Labute approximate surface area is 198 Å². The molecule has 0 N–H and O–H groups in total. The quantitative estimate of drug-likeness (QED) is 0.271. The Morgan fingerprint density at radius 2 is 1.44 bits per heavy atom. The van der Waals surface area contributed by atoms with Crippen LogP contribution >= 0.6 is 27.3 Å². The Kier molecular flexibility index (Phi) is 6.63. The lowest BCUT2D eigenvalue weighted by atomic mass is 10.1. The molecule has 0 radical (unpaired) electrons. The van der Waals surface area contributed by atoms with Gasteiger partial charge in [0.25, 0.3) is 0 Å². The molecule has 4 rings (SSSR count). The fraction of sp³-hybridized carbons (Fsp3) is 0.160. The van der Waals surface area contributed by atoms with Gasteiger partial charge in [-0.2, -0.15) is 5.26 Å². The van der Waals surface area contributed by atoms with Crippen LogP contribution in [0, 0.1) is 17.1 Å². The predicted octanol–water partition coefficient (Wildman–Crippen LogP) is 6.90. The fourth-order valence-corrected chi connectivity index (χ4v) is 5.39. The zero-order valence-corrected chi connectivity index (χ0v) is 20.0. The zero-order valence-electron chi connectivity index (χ0n) is 17.6. The summed E-state index contributed by atoms with van der Waals surface area (Å²) in [6, 6.07) is 21.0. The number of fused-ring (bicyclic) bond motifs is 1. The highest BCUT2D eigenvalue weighted by atomic mass is 79.9. The van der Waals surface area contributed by atoms with E-state index in [-0.39, 0.29) is 5.82 Å². The average molecular weight is 511 g/mol. The number of anilines is 1. The maximum absolute atomic E-state index is 14.6. The number of ether oxygens (including phenoxy) is 2. The van der Waals surface area contributed by atoms with Crippen molar-refractivity contribution in [3.05, 3.63) is 87.6 Å². The van der Waals surface area contributed by atoms with Crippen LogP contribution in [-0.2, 0) is 13.1 Å². The van der Waals surface area contributed by atoms with Crippen LogP contribution in [0.25, 0.3) is 10.1 Å². The van der Waals surface area contributed by atoms with E-state index in [1.54, 1.807) is 20.3 Å². The fourth-order valence-electron chi connectivity index (χ4n) is 3.55.